The average Bonchev–Trinajstić information content (AvgIpc) is 3.49. The van der Waals surface area contributed by atoms with E-state index in [1.165, 1.54) is 0 Å². The van der Waals surface area contributed by atoms with Gasteiger partial charge < -0.3 is 19.7 Å². The Morgan fingerprint density at radius 1 is 1.16 bits per heavy atom. The Morgan fingerprint density at radius 3 is 2.84 bits per heavy atom. The number of hydrogen-bond acceptors (Lipinski definition) is 8. The van der Waals surface area contributed by atoms with Crippen LogP contribution in [0.1, 0.15) is 49.7 Å². The van der Waals surface area contributed by atoms with Crippen molar-refractivity contribution in [1.29, 1.82) is 0 Å². The fourth-order valence-electron chi connectivity index (χ4n) is 4.71. The highest BCUT2D eigenvalue weighted by Crippen LogP contribution is 2.27. The summed E-state index contributed by atoms with van der Waals surface area (Å²) in [7, 11) is 1.96. The van der Waals surface area contributed by atoms with Crippen molar-refractivity contribution < 1.29 is 4.79 Å². The number of nitrogens with one attached hydrogen (secondary N) is 1. The van der Waals surface area contributed by atoms with Crippen LogP contribution in [0.15, 0.2) is 11.7 Å². The SMILES string of the molecule is CCc1csc(CNc2nc(N3CCCC(N4CCCC4=O)CC3)nc3ncn(C)c23)n1. The monoisotopic (exact) mass is 454 g/mol. The maximum absolute atomic E-state index is 12.2. The number of nitrogens with zero attached hydrogens (tertiary/aromatic N) is 7. The number of rotatable bonds is 6. The molecule has 3 aromatic rings. The van der Waals surface area contributed by atoms with E-state index in [0.29, 0.717) is 36.5 Å². The third kappa shape index (κ3) is 4.15. The van der Waals surface area contributed by atoms with Crippen molar-refractivity contribution in [3.05, 3.63) is 22.4 Å². The average molecular weight is 455 g/mol. The molecule has 32 heavy (non-hydrogen) atoms. The summed E-state index contributed by atoms with van der Waals surface area (Å²) in [6.45, 7) is 5.39. The summed E-state index contributed by atoms with van der Waals surface area (Å²) in [5.74, 6) is 1.81. The van der Waals surface area contributed by atoms with Gasteiger partial charge in [-0.15, -0.1) is 11.3 Å². The van der Waals surface area contributed by atoms with Crippen LogP contribution in [-0.4, -0.2) is 61.0 Å². The van der Waals surface area contributed by atoms with E-state index < -0.39 is 0 Å². The van der Waals surface area contributed by atoms with Crippen LogP contribution in [0.4, 0.5) is 11.8 Å². The fraction of sp³-hybridized carbons (Fsp3) is 0.591. The van der Waals surface area contributed by atoms with E-state index in [1.807, 2.05) is 11.6 Å². The molecule has 0 aliphatic carbocycles. The number of aromatic nitrogens is 5. The van der Waals surface area contributed by atoms with Crippen LogP contribution in [0.5, 0.6) is 0 Å². The summed E-state index contributed by atoms with van der Waals surface area (Å²) in [5, 5.41) is 6.64. The van der Waals surface area contributed by atoms with E-state index in [-0.39, 0.29) is 0 Å². The van der Waals surface area contributed by atoms with Crippen molar-refractivity contribution in [1.82, 2.24) is 29.4 Å². The first-order valence-corrected chi connectivity index (χ1v) is 12.4. The minimum Gasteiger partial charge on any atom is -0.362 e. The van der Waals surface area contributed by atoms with Gasteiger partial charge in [-0.2, -0.15) is 9.97 Å². The van der Waals surface area contributed by atoms with Gasteiger partial charge in [0.15, 0.2) is 11.5 Å². The summed E-state index contributed by atoms with van der Waals surface area (Å²) >= 11 is 1.67. The lowest BCUT2D eigenvalue weighted by atomic mass is 10.1. The molecule has 0 spiro atoms. The van der Waals surface area contributed by atoms with E-state index >= 15 is 0 Å². The first kappa shape index (κ1) is 21.1. The molecule has 1 unspecified atom stereocenters. The van der Waals surface area contributed by atoms with Gasteiger partial charge in [0.1, 0.15) is 10.5 Å². The van der Waals surface area contributed by atoms with E-state index in [0.717, 1.165) is 73.8 Å². The number of fused-ring (bicyclic) bond motifs is 1. The molecule has 0 saturated carbocycles. The Hall–Kier alpha value is -2.75. The molecule has 9 nitrogen and oxygen atoms in total. The minimum absolute atomic E-state index is 0.314. The fourth-order valence-corrected chi connectivity index (χ4v) is 5.52. The van der Waals surface area contributed by atoms with Gasteiger partial charge in [0, 0.05) is 44.5 Å². The molecule has 2 saturated heterocycles. The second-order valence-electron chi connectivity index (χ2n) is 8.60. The molecule has 2 aliphatic rings. The number of likely N-dealkylation sites (tertiary alicyclic amines) is 1. The second-order valence-corrected chi connectivity index (χ2v) is 9.54. The zero-order valence-electron chi connectivity index (χ0n) is 18.8. The molecule has 1 atom stereocenters. The lowest BCUT2D eigenvalue weighted by Crippen LogP contribution is -2.37. The second kappa shape index (κ2) is 9.01. The molecule has 5 rings (SSSR count). The van der Waals surface area contributed by atoms with E-state index in [2.05, 4.69) is 37.4 Å². The Kier molecular flexibility index (Phi) is 5.95. The van der Waals surface area contributed by atoms with E-state index in [1.54, 1.807) is 17.7 Å². The van der Waals surface area contributed by atoms with Gasteiger partial charge in [0.25, 0.3) is 0 Å². The maximum atomic E-state index is 12.2. The van der Waals surface area contributed by atoms with Gasteiger partial charge >= 0.3 is 0 Å². The van der Waals surface area contributed by atoms with Crippen molar-refractivity contribution >= 4 is 40.2 Å². The molecule has 170 valence electrons. The molecule has 1 N–H and O–H groups in total. The van der Waals surface area contributed by atoms with Crippen molar-refractivity contribution in [3.8, 4) is 0 Å². The van der Waals surface area contributed by atoms with E-state index in [4.69, 9.17) is 9.97 Å². The number of anilines is 2. The zero-order chi connectivity index (χ0) is 22.1. The topological polar surface area (TPSA) is 92.1 Å². The summed E-state index contributed by atoms with van der Waals surface area (Å²) in [6.07, 6.45) is 7.45. The normalized spacial score (nSPS) is 19.7. The number of amides is 1. The minimum atomic E-state index is 0.314. The van der Waals surface area contributed by atoms with Crippen LogP contribution in [0.25, 0.3) is 11.2 Å². The highest BCUT2D eigenvalue weighted by Gasteiger charge is 2.30. The maximum Gasteiger partial charge on any atom is 0.229 e. The summed E-state index contributed by atoms with van der Waals surface area (Å²) in [6, 6.07) is 0.337. The third-order valence-electron chi connectivity index (χ3n) is 6.46. The number of thiazole rings is 1. The molecule has 0 bridgehead atoms. The van der Waals surface area contributed by atoms with Crippen LogP contribution in [0.2, 0.25) is 0 Å². The summed E-state index contributed by atoms with van der Waals surface area (Å²) < 4.78 is 1.96. The highest BCUT2D eigenvalue weighted by atomic mass is 32.1. The van der Waals surface area contributed by atoms with Gasteiger partial charge in [-0.1, -0.05) is 6.92 Å². The van der Waals surface area contributed by atoms with Gasteiger partial charge in [0.2, 0.25) is 11.9 Å². The van der Waals surface area contributed by atoms with Gasteiger partial charge in [0.05, 0.1) is 18.6 Å². The Labute approximate surface area is 191 Å². The van der Waals surface area contributed by atoms with Crippen LogP contribution < -0.4 is 10.2 Å². The number of carbonyl (C=O) groups excluding carboxylic acids is 1. The van der Waals surface area contributed by atoms with Crippen LogP contribution in [0.3, 0.4) is 0 Å². The molecule has 1 amide bonds. The molecular formula is C22H30N8OS. The van der Waals surface area contributed by atoms with Crippen LogP contribution in [-0.2, 0) is 24.8 Å². The molecule has 2 aliphatic heterocycles. The number of imidazole rings is 1. The highest BCUT2D eigenvalue weighted by molar-refractivity contribution is 7.09. The first-order valence-electron chi connectivity index (χ1n) is 11.5. The lowest BCUT2D eigenvalue weighted by Gasteiger charge is -2.27. The largest absolute Gasteiger partial charge is 0.362 e. The van der Waals surface area contributed by atoms with Gasteiger partial charge in [-0.3, -0.25) is 4.79 Å². The van der Waals surface area contributed by atoms with Crippen molar-refractivity contribution in [2.45, 2.75) is 58.0 Å². The smallest absolute Gasteiger partial charge is 0.229 e. The van der Waals surface area contributed by atoms with Crippen molar-refractivity contribution in [2.75, 3.05) is 29.9 Å². The summed E-state index contributed by atoms with van der Waals surface area (Å²) in [5.41, 5.74) is 2.72. The van der Waals surface area contributed by atoms with Crippen LogP contribution >= 0.6 is 11.3 Å². The first-order chi connectivity index (χ1) is 15.6. The Bertz CT molecular complexity index is 1110. The quantitative estimate of drug-likeness (QED) is 0.612. The third-order valence-corrected chi connectivity index (χ3v) is 7.36. The zero-order valence-corrected chi connectivity index (χ0v) is 19.6. The predicted octanol–water partition coefficient (Wildman–Crippen LogP) is 2.98. The molecular weight excluding hydrogens is 424 g/mol. The van der Waals surface area contributed by atoms with Gasteiger partial charge in [-0.25, -0.2) is 9.97 Å². The number of hydrogen-bond donors (Lipinski definition) is 1. The molecule has 0 aromatic carbocycles. The Morgan fingerprint density at radius 2 is 2.06 bits per heavy atom. The molecule has 10 heteroatoms. The van der Waals surface area contributed by atoms with Gasteiger partial charge in [-0.05, 0) is 32.1 Å². The standard InChI is InChI=1S/C22H30N8OS/c1-3-15-13-32-17(25-15)12-23-20-19-21(24-14-28(19)2)27-22(26-20)29-9-4-6-16(8-11-29)30-10-5-7-18(30)31/h13-14,16H,3-12H2,1-2H3,(H,23,26,27). The molecule has 3 aromatic heterocycles. The van der Waals surface area contributed by atoms with Crippen molar-refractivity contribution in [2.24, 2.45) is 7.05 Å². The lowest BCUT2D eigenvalue weighted by molar-refractivity contribution is -0.129. The van der Waals surface area contributed by atoms with E-state index in [9.17, 15) is 4.79 Å². The molecule has 2 fully saturated rings. The number of aryl methyl sites for hydroxylation is 2. The number of carbonyl (C=O) groups is 1. The van der Waals surface area contributed by atoms with Crippen LogP contribution in [0, 0.1) is 0 Å². The predicted molar refractivity (Wildman–Crippen MR) is 126 cm³/mol. The molecule has 5 heterocycles. The Balaban J connectivity index is 1.36. The van der Waals surface area contributed by atoms with Crippen molar-refractivity contribution in [3.63, 3.8) is 0 Å². The summed E-state index contributed by atoms with van der Waals surface area (Å²) in [4.78, 5) is 35.4. The molecule has 0 radical (unpaired) electrons.